The summed E-state index contributed by atoms with van der Waals surface area (Å²) in [7, 11) is 2.09. The monoisotopic (exact) mass is 279 g/mol. The molecule has 0 radical (unpaired) electrons. The van der Waals surface area contributed by atoms with Crippen LogP contribution in [0, 0.1) is 16.7 Å². The Labute approximate surface area is 120 Å². The lowest BCUT2D eigenvalue weighted by molar-refractivity contribution is -0.148. The quantitative estimate of drug-likeness (QED) is 0.755. The summed E-state index contributed by atoms with van der Waals surface area (Å²) in [5.74, 6) is 0.487. The molecule has 0 aromatic rings. The van der Waals surface area contributed by atoms with Crippen LogP contribution in [0.5, 0.6) is 0 Å². The van der Waals surface area contributed by atoms with E-state index in [0.717, 1.165) is 45.4 Å². The van der Waals surface area contributed by atoms with Gasteiger partial charge in [0.2, 0.25) is 5.91 Å². The standard InChI is InChI=1S/C15H25N3O2/c1-14(2)11-4-5-15(10-11,12(14)19)13(20)16-18-8-6-17(3)7-9-18/h11H,4-10H2,1-3H3,(H,16,20). The molecule has 1 saturated heterocycles. The molecule has 2 bridgehead atoms. The Bertz CT molecular complexity index is 440. The first kappa shape index (κ1) is 14.0. The van der Waals surface area contributed by atoms with Gasteiger partial charge in [-0.05, 0) is 32.2 Å². The van der Waals surface area contributed by atoms with Crippen molar-refractivity contribution in [2.45, 2.75) is 33.1 Å². The number of rotatable bonds is 2. The van der Waals surface area contributed by atoms with Gasteiger partial charge in [0.25, 0.3) is 0 Å². The van der Waals surface area contributed by atoms with E-state index in [1.807, 2.05) is 18.9 Å². The second kappa shape index (κ2) is 4.53. The molecule has 2 unspecified atom stereocenters. The summed E-state index contributed by atoms with van der Waals surface area (Å²) >= 11 is 0. The Morgan fingerprint density at radius 2 is 1.90 bits per heavy atom. The summed E-state index contributed by atoms with van der Waals surface area (Å²) in [6.07, 6.45) is 2.49. The highest BCUT2D eigenvalue weighted by Crippen LogP contribution is 2.60. The van der Waals surface area contributed by atoms with Gasteiger partial charge >= 0.3 is 0 Å². The number of hydrogen-bond acceptors (Lipinski definition) is 4. The summed E-state index contributed by atoms with van der Waals surface area (Å²) in [5, 5.41) is 1.98. The first-order chi connectivity index (χ1) is 9.36. The number of nitrogens with zero attached hydrogens (tertiary/aromatic N) is 2. The summed E-state index contributed by atoms with van der Waals surface area (Å²) in [5.41, 5.74) is 1.95. The molecule has 5 heteroatoms. The highest BCUT2D eigenvalue weighted by Gasteiger charge is 2.65. The van der Waals surface area contributed by atoms with Gasteiger partial charge in [-0.1, -0.05) is 13.8 Å². The number of fused-ring (bicyclic) bond motifs is 2. The number of nitrogens with one attached hydrogen (secondary N) is 1. The van der Waals surface area contributed by atoms with Crippen LogP contribution in [-0.4, -0.2) is 54.8 Å². The Kier molecular flexibility index (Phi) is 3.18. The Morgan fingerprint density at radius 3 is 2.45 bits per heavy atom. The highest BCUT2D eigenvalue weighted by atomic mass is 16.2. The van der Waals surface area contributed by atoms with Gasteiger partial charge < -0.3 is 4.90 Å². The second-order valence-corrected chi connectivity index (χ2v) is 7.30. The maximum atomic E-state index is 12.7. The van der Waals surface area contributed by atoms with Crippen LogP contribution >= 0.6 is 0 Å². The van der Waals surface area contributed by atoms with Gasteiger partial charge in [-0.2, -0.15) is 0 Å². The summed E-state index contributed by atoms with van der Waals surface area (Å²) in [6, 6.07) is 0. The summed E-state index contributed by atoms with van der Waals surface area (Å²) in [6.45, 7) is 7.58. The first-order valence-electron chi connectivity index (χ1n) is 7.66. The average molecular weight is 279 g/mol. The summed E-state index contributed by atoms with van der Waals surface area (Å²) in [4.78, 5) is 27.6. The van der Waals surface area contributed by atoms with E-state index in [-0.39, 0.29) is 17.1 Å². The minimum Gasteiger partial charge on any atom is -0.304 e. The molecule has 20 heavy (non-hydrogen) atoms. The lowest BCUT2D eigenvalue weighted by atomic mass is 9.70. The molecule has 1 heterocycles. The topological polar surface area (TPSA) is 52.6 Å². The molecule has 5 nitrogen and oxygen atoms in total. The molecule has 2 aliphatic carbocycles. The van der Waals surface area contributed by atoms with Crippen LogP contribution in [0.25, 0.3) is 0 Å². The fraction of sp³-hybridized carbons (Fsp3) is 0.867. The average Bonchev–Trinajstić information content (AvgIpc) is 2.93. The van der Waals surface area contributed by atoms with Gasteiger partial charge in [0, 0.05) is 31.6 Å². The SMILES string of the molecule is CN1CCN(NC(=O)C23CCC(C2)C(C)(C)C3=O)CC1. The molecule has 0 aromatic carbocycles. The number of carbonyl (C=O) groups is 2. The van der Waals surface area contributed by atoms with Gasteiger partial charge in [0.1, 0.15) is 5.41 Å². The van der Waals surface area contributed by atoms with Gasteiger partial charge in [-0.25, -0.2) is 5.01 Å². The molecule has 3 aliphatic rings. The smallest absolute Gasteiger partial charge is 0.248 e. The zero-order valence-electron chi connectivity index (χ0n) is 12.7. The Balaban J connectivity index is 1.70. The molecule has 3 rings (SSSR count). The lowest BCUT2D eigenvalue weighted by Gasteiger charge is -2.36. The number of carbonyl (C=O) groups excluding carboxylic acids is 2. The van der Waals surface area contributed by atoms with E-state index in [0.29, 0.717) is 5.92 Å². The molecule has 0 aromatic heterocycles. The maximum Gasteiger partial charge on any atom is 0.248 e. The maximum absolute atomic E-state index is 12.7. The molecule has 1 amide bonds. The van der Waals surface area contributed by atoms with Crippen LogP contribution in [-0.2, 0) is 9.59 Å². The van der Waals surface area contributed by atoms with Gasteiger partial charge in [0.15, 0.2) is 5.78 Å². The third kappa shape index (κ3) is 1.91. The van der Waals surface area contributed by atoms with E-state index in [9.17, 15) is 9.59 Å². The minimum absolute atomic E-state index is 0.0554. The van der Waals surface area contributed by atoms with E-state index in [2.05, 4.69) is 17.4 Å². The Morgan fingerprint density at radius 1 is 1.25 bits per heavy atom. The number of piperazine rings is 1. The normalized spacial score (nSPS) is 37.4. The van der Waals surface area contributed by atoms with Gasteiger partial charge in [-0.15, -0.1) is 0 Å². The number of amides is 1. The molecule has 2 atom stereocenters. The Hall–Kier alpha value is -0.940. The second-order valence-electron chi connectivity index (χ2n) is 7.30. The van der Waals surface area contributed by atoms with Crippen LogP contribution < -0.4 is 5.43 Å². The predicted molar refractivity (Wildman–Crippen MR) is 75.8 cm³/mol. The molecule has 1 N–H and O–H groups in total. The number of likely N-dealkylation sites (N-methyl/N-ethyl adjacent to an activating group) is 1. The summed E-state index contributed by atoms with van der Waals surface area (Å²) < 4.78 is 0. The zero-order valence-corrected chi connectivity index (χ0v) is 12.7. The van der Waals surface area contributed by atoms with Crippen molar-refractivity contribution in [1.82, 2.24) is 15.3 Å². The van der Waals surface area contributed by atoms with Crippen LogP contribution in [0.2, 0.25) is 0 Å². The van der Waals surface area contributed by atoms with Crippen molar-refractivity contribution in [2.75, 3.05) is 33.2 Å². The van der Waals surface area contributed by atoms with Gasteiger partial charge in [-0.3, -0.25) is 15.0 Å². The molecule has 112 valence electrons. The highest BCUT2D eigenvalue weighted by molar-refractivity contribution is 6.10. The molecule has 2 saturated carbocycles. The van der Waals surface area contributed by atoms with Crippen molar-refractivity contribution < 1.29 is 9.59 Å². The van der Waals surface area contributed by atoms with Crippen molar-refractivity contribution in [2.24, 2.45) is 16.7 Å². The van der Waals surface area contributed by atoms with E-state index < -0.39 is 5.41 Å². The number of Topliss-reactive ketones (excluding diaryl/α,β-unsaturated/α-hetero) is 1. The molecular weight excluding hydrogens is 254 g/mol. The number of hydrogen-bond donors (Lipinski definition) is 1. The minimum atomic E-state index is -0.739. The van der Waals surface area contributed by atoms with Crippen molar-refractivity contribution in [3.05, 3.63) is 0 Å². The number of ketones is 1. The van der Waals surface area contributed by atoms with Crippen molar-refractivity contribution >= 4 is 11.7 Å². The molecular formula is C15H25N3O2. The van der Waals surface area contributed by atoms with Gasteiger partial charge in [0.05, 0.1) is 0 Å². The van der Waals surface area contributed by atoms with Crippen LogP contribution in [0.4, 0.5) is 0 Å². The van der Waals surface area contributed by atoms with E-state index in [1.165, 1.54) is 0 Å². The van der Waals surface area contributed by atoms with Crippen LogP contribution in [0.3, 0.4) is 0 Å². The van der Waals surface area contributed by atoms with Crippen molar-refractivity contribution in [1.29, 1.82) is 0 Å². The van der Waals surface area contributed by atoms with E-state index >= 15 is 0 Å². The van der Waals surface area contributed by atoms with Crippen LogP contribution in [0.1, 0.15) is 33.1 Å². The predicted octanol–water partition coefficient (Wildman–Crippen LogP) is 0.660. The molecule has 0 spiro atoms. The number of hydrazine groups is 1. The zero-order chi connectivity index (χ0) is 14.5. The fourth-order valence-electron chi connectivity index (χ4n) is 4.15. The lowest BCUT2D eigenvalue weighted by Crippen LogP contribution is -2.57. The van der Waals surface area contributed by atoms with Crippen LogP contribution in [0.15, 0.2) is 0 Å². The fourth-order valence-corrected chi connectivity index (χ4v) is 4.15. The third-order valence-corrected chi connectivity index (χ3v) is 5.75. The van der Waals surface area contributed by atoms with E-state index in [1.54, 1.807) is 0 Å². The van der Waals surface area contributed by atoms with E-state index in [4.69, 9.17) is 0 Å². The van der Waals surface area contributed by atoms with Crippen molar-refractivity contribution in [3.8, 4) is 0 Å². The first-order valence-corrected chi connectivity index (χ1v) is 7.66. The third-order valence-electron chi connectivity index (χ3n) is 5.75. The molecule has 3 fully saturated rings. The molecule has 1 aliphatic heterocycles. The largest absolute Gasteiger partial charge is 0.304 e. The van der Waals surface area contributed by atoms with Crippen molar-refractivity contribution in [3.63, 3.8) is 0 Å².